The monoisotopic (exact) mass is 398 g/mol. The van der Waals surface area contributed by atoms with Gasteiger partial charge in [-0.3, -0.25) is 9.59 Å². The molecule has 2 heterocycles. The molecule has 3 rings (SSSR count). The van der Waals surface area contributed by atoms with Crippen molar-refractivity contribution in [2.75, 3.05) is 18.8 Å². The smallest absolute Gasteiger partial charge is 0.250 e. The predicted molar refractivity (Wildman–Crippen MR) is 113 cm³/mol. The average molecular weight is 399 g/mol. The zero-order chi connectivity index (χ0) is 20.0. The van der Waals surface area contributed by atoms with Crippen LogP contribution in [0.25, 0.3) is 10.9 Å². The van der Waals surface area contributed by atoms with E-state index in [4.69, 9.17) is 0 Å². The third kappa shape index (κ3) is 5.79. The van der Waals surface area contributed by atoms with Crippen LogP contribution in [-0.4, -0.2) is 46.8 Å². The van der Waals surface area contributed by atoms with E-state index in [-0.39, 0.29) is 23.0 Å². The topological polar surface area (TPSA) is 74.7 Å². The summed E-state index contributed by atoms with van der Waals surface area (Å²) in [5.74, 6) is 0.269. The first-order valence-electron chi connectivity index (χ1n) is 9.52. The molecule has 1 aromatic carbocycles. The molecule has 7 heteroatoms. The number of amides is 2. The molecular formula is C21H26N4O2S. The summed E-state index contributed by atoms with van der Waals surface area (Å²) in [5.41, 5.74) is 3.19. The third-order valence-corrected chi connectivity index (χ3v) is 5.48. The molecule has 28 heavy (non-hydrogen) atoms. The van der Waals surface area contributed by atoms with Crippen molar-refractivity contribution >= 4 is 40.7 Å². The number of carbonyl (C=O) groups is 2. The van der Waals surface area contributed by atoms with Gasteiger partial charge in [0.05, 0.1) is 16.3 Å². The minimum absolute atomic E-state index is 0.180. The Morgan fingerprint density at radius 2 is 2.11 bits per heavy atom. The molecule has 0 atom stereocenters. The highest BCUT2D eigenvalue weighted by molar-refractivity contribution is 7.99. The number of para-hydroxylation sites is 1. The Morgan fingerprint density at radius 3 is 2.93 bits per heavy atom. The zero-order valence-corrected chi connectivity index (χ0v) is 17.2. The van der Waals surface area contributed by atoms with E-state index in [0.717, 1.165) is 35.3 Å². The normalized spacial score (nSPS) is 15.4. The van der Waals surface area contributed by atoms with Crippen molar-refractivity contribution in [1.29, 1.82) is 0 Å². The van der Waals surface area contributed by atoms with E-state index < -0.39 is 0 Å². The van der Waals surface area contributed by atoms with Crippen LogP contribution in [0.3, 0.4) is 0 Å². The highest BCUT2D eigenvalue weighted by atomic mass is 32.2. The molecular weight excluding hydrogens is 372 g/mol. The van der Waals surface area contributed by atoms with Crippen LogP contribution < -0.4 is 5.43 Å². The summed E-state index contributed by atoms with van der Waals surface area (Å²) in [7, 11) is 0. The Kier molecular flexibility index (Phi) is 6.67. The number of aromatic nitrogens is 1. The second kappa shape index (κ2) is 9.19. The molecule has 0 unspecified atom stereocenters. The third-order valence-electron chi connectivity index (χ3n) is 4.55. The van der Waals surface area contributed by atoms with Crippen LogP contribution in [0.4, 0.5) is 0 Å². The van der Waals surface area contributed by atoms with Gasteiger partial charge in [0.2, 0.25) is 11.8 Å². The van der Waals surface area contributed by atoms with Gasteiger partial charge < -0.3 is 4.90 Å². The number of nitrogens with zero attached hydrogens (tertiary/aromatic N) is 3. The Balaban J connectivity index is 1.46. The van der Waals surface area contributed by atoms with Crippen LogP contribution in [0.5, 0.6) is 0 Å². The summed E-state index contributed by atoms with van der Waals surface area (Å²) in [5, 5.41) is 5.99. The first-order valence-corrected chi connectivity index (χ1v) is 10.5. The number of carbonyl (C=O) groups excluding carboxylic acids is 2. The lowest BCUT2D eigenvalue weighted by atomic mass is 9.93. The van der Waals surface area contributed by atoms with E-state index in [9.17, 15) is 9.59 Å². The predicted octanol–water partition coefficient (Wildman–Crippen LogP) is 3.47. The van der Waals surface area contributed by atoms with Crippen molar-refractivity contribution in [3.05, 3.63) is 36.4 Å². The van der Waals surface area contributed by atoms with Crippen molar-refractivity contribution < 1.29 is 9.59 Å². The molecule has 2 aromatic rings. The molecule has 1 fully saturated rings. The second-order valence-corrected chi connectivity index (χ2v) is 8.68. The molecule has 0 saturated carbocycles. The first kappa shape index (κ1) is 20.3. The van der Waals surface area contributed by atoms with Gasteiger partial charge in [-0.1, -0.05) is 49.9 Å². The minimum Gasteiger partial charge on any atom is -0.342 e. The van der Waals surface area contributed by atoms with Crippen LogP contribution >= 0.6 is 11.8 Å². The van der Waals surface area contributed by atoms with Crippen LogP contribution in [0.2, 0.25) is 0 Å². The fourth-order valence-electron chi connectivity index (χ4n) is 3.14. The Morgan fingerprint density at radius 1 is 1.29 bits per heavy atom. The van der Waals surface area contributed by atoms with Gasteiger partial charge in [-0.05, 0) is 25.0 Å². The number of likely N-dealkylation sites (tertiary alicyclic amines) is 1. The van der Waals surface area contributed by atoms with Crippen molar-refractivity contribution in [1.82, 2.24) is 15.3 Å². The molecule has 0 spiro atoms. The number of piperidine rings is 1. The maximum Gasteiger partial charge on any atom is 0.250 e. The molecule has 0 radical (unpaired) electrons. The molecule has 1 saturated heterocycles. The van der Waals surface area contributed by atoms with E-state index in [1.165, 1.54) is 11.8 Å². The number of nitrogens with one attached hydrogen (secondary N) is 1. The highest BCUT2D eigenvalue weighted by Crippen LogP contribution is 2.20. The summed E-state index contributed by atoms with van der Waals surface area (Å²) in [6.07, 6.45) is 4.37. The van der Waals surface area contributed by atoms with Gasteiger partial charge in [-0.2, -0.15) is 5.10 Å². The fourth-order valence-corrected chi connectivity index (χ4v) is 3.81. The molecule has 0 bridgehead atoms. The van der Waals surface area contributed by atoms with Gasteiger partial charge in [0, 0.05) is 36.5 Å². The summed E-state index contributed by atoms with van der Waals surface area (Å²) in [6, 6.07) is 11.8. The maximum absolute atomic E-state index is 12.1. The molecule has 2 amide bonds. The molecule has 1 N–H and O–H groups in total. The number of fused-ring (bicyclic) bond motifs is 1. The highest BCUT2D eigenvalue weighted by Gasteiger charge is 2.25. The second-order valence-electron chi connectivity index (χ2n) is 7.69. The van der Waals surface area contributed by atoms with E-state index >= 15 is 0 Å². The SMILES string of the molecule is CC(C)(/C=N\NC(=O)CSc1ccc2ccccc2n1)CN1CCCCC1=O. The lowest BCUT2D eigenvalue weighted by molar-refractivity contribution is -0.134. The van der Waals surface area contributed by atoms with Crippen LogP contribution in [-0.2, 0) is 9.59 Å². The number of benzene rings is 1. The average Bonchev–Trinajstić information content (AvgIpc) is 2.68. The number of rotatable bonds is 7. The largest absolute Gasteiger partial charge is 0.342 e. The van der Waals surface area contributed by atoms with Gasteiger partial charge in [-0.25, -0.2) is 10.4 Å². The number of hydrazone groups is 1. The summed E-state index contributed by atoms with van der Waals surface area (Å²) < 4.78 is 0. The zero-order valence-electron chi connectivity index (χ0n) is 16.4. The van der Waals surface area contributed by atoms with Crippen molar-refractivity contribution in [3.63, 3.8) is 0 Å². The Labute approximate surface area is 169 Å². The van der Waals surface area contributed by atoms with Gasteiger partial charge in [-0.15, -0.1) is 0 Å². The van der Waals surface area contributed by atoms with E-state index in [0.29, 0.717) is 13.0 Å². The summed E-state index contributed by atoms with van der Waals surface area (Å²) in [4.78, 5) is 30.5. The molecule has 1 aromatic heterocycles. The van der Waals surface area contributed by atoms with Crippen molar-refractivity contribution in [2.24, 2.45) is 10.5 Å². The first-order chi connectivity index (χ1) is 13.4. The van der Waals surface area contributed by atoms with E-state index in [2.05, 4.69) is 15.5 Å². The van der Waals surface area contributed by atoms with Crippen molar-refractivity contribution in [3.8, 4) is 0 Å². The fraction of sp³-hybridized carbons (Fsp3) is 0.429. The quantitative estimate of drug-likeness (QED) is 0.440. The van der Waals surface area contributed by atoms with Gasteiger partial charge in [0.25, 0.3) is 0 Å². The molecule has 1 aliphatic heterocycles. The Hall–Kier alpha value is -2.41. The maximum atomic E-state index is 12.1. The van der Waals surface area contributed by atoms with Gasteiger partial charge >= 0.3 is 0 Å². The van der Waals surface area contributed by atoms with Gasteiger partial charge in [0.15, 0.2) is 0 Å². The Bertz CT molecular complexity index is 882. The van der Waals surface area contributed by atoms with E-state index in [1.54, 1.807) is 6.21 Å². The van der Waals surface area contributed by atoms with Crippen LogP contribution in [0.1, 0.15) is 33.1 Å². The molecule has 148 valence electrons. The summed E-state index contributed by atoms with van der Waals surface area (Å²) in [6.45, 7) is 5.44. The van der Waals surface area contributed by atoms with Crippen molar-refractivity contribution in [2.45, 2.75) is 38.1 Å². The number of thioether (sulfide) groups is 1. The molecule has 1 aliphatic rings. The molecule has 0 aliphatic carbocycles. The van der Waals surface area contributed by atoms with E-state index in [1.807, 2.05) is 55.1 Å². The lowest BCUT2D eigenvalue weighted by Gasteiger charge is -2.32. The number of pyridine rings is 1. The number of hydrogen-bond acceptors (Lipinski definition) is 5. The molecule has 6 nitrogen and oxygen atoms in total. The van der Waals surface area contributed by atoms with Gasteiger partial charge in [0.1, 0.15) is 0 Å². The van der Waals surface area contributed by atoms with Crippen LogP contribution in [0.15, 0.2) is 46.5 Å². The lowest BCUT2D eigenvalue weighted by Crippen LogP contribution is -2.42. The van der Waals surface area contributed by atoms with Crippen LogP contribution in [0, 0.1) is 5.41 Å². The standard InChI is InChI=1S/C21H26N4O2S/c1-21(2,15-25-12-6-5-9-20(25)27)14-22-24-18(26)13-28-19-11-10-16-7-3-4-8-17(16)23-19/h3-4,7-8,10-11,14H,5-6,9,12-13,15H2,1-2H3,(H,24,26)/b22-14-. The minimum atomic E-state index is -0.298. The number of hydrogen-bond donors (Lipinski definition) is 1. The summed E-state index contributed by atoms with van der Waals surface area (Å²) >= 11 is 1.38.